The quantitative estimate of drug-likeness (QED) is 0.532. The van der Waals surface area contributed by atoms with E-state index in [1.165, 1.54) is 11.1 Å². The SMILES string of the molecule is CCC[C@@H](CC(=O)N1CCCCC1CC(=O)O)NC(=O)OCC1c2ccccc2-c2ccccc21. The van der Waals surface area contributed by atoms with Crippen LogP contribution in [-0.4, -0.2) is 53.2 Å². The normalized spacial score (nSPS) is 17.9. The summed E-state index contributed by atoms with van der Waals surface area (Å²) in [5.41, 5.74) is 4.64. The second kappa shape index (κ2) is 11.4. The summed E-state index contributed by atoms with van der Waals surface area (Å²) in [4.78, 5) is 38.7. The van der Waals surface area contributed by atoms with Gasteiger partial charge in [0.15, 0.2) is 0 Å². The molecule has 7 heteroatoms. The zero-order chi connectivity index (χ0) is 24.8. The van der Waals surface area contributed by atoms with Crippen LogP contribution in [0, 0.1) is 0 Å². The summed E-state index contributed by atoms with van der Waals surface area (Å²) in [6, 6.07) is 15.7. The van der Waals surface area contributed by atoms with Crippen molar-refractivity contribution >= 4 is 18.0 Å². The third-order valence-electron chi connectivity index (χ3n) is 7.08. The van der Waals surface area contributed by atoms with Crippen LogP contribution in [0.5, 0.6) is 0 Å². The summed E-state index contributed by atoms with van der Waals surface area (Å²) in [5.74, 6) is -1.02. The number of nitrogens with one attached hydrogen (secondary N) is 1. The zero-order valence-electron chi connectivity index (χ0n) is 20.2. The van der Waals surface area contributed by atoms with Gasteiger partial charge in [-0.1, -0.05) is 61.9 Å². The van der Waals surface area contributed by atoms with Gasteiger partial charge in [-0.25, -0.2) is 4.79 Å². The monoisotopic (exact) mass is 478 g/mol. The number of ether oxygens (including phenoxy) is 1. The summed E-state index contributed by atoms with van der Waals surface area (Å²) in [6.45, 7) is 2.80. The number of hydrogen-bond acceptors (Lipinski definition) is 4. The van der Waals surface area contributed by atoms with Crippen molar-refractivity contribution in [1.82, 2.24) is 10.2 Å². The first-order chi connectivity index (χ1) is 17.0. The van der Waals surface area contributed by atoms with Gasteiger partial charge >= 0.3 is 12.1 Å². The van der Waals surface area contributed by atoms with Crippen LogP contribution in [0.4, 0.5) is 4.79 Å². The molecule has 1 aliphatic heterocycles. The molecule has 1 unspecified atom stereocenters. The fraction of sp³-hybridized carbons (Fsp3) is 0.464. The van der Waals surface area contributed by atoms with Crippen LogP contribution in [0.3, 0.4) is 0 Å². The molecule has 186 valence electrons. The molecule has 2 aliphatic rings. The van der Waals surface area contributed by atoms with E-state index in [1.807, 2.05) is 31.2 Å². The second-order valence-electron chi connectivity index (χ2n) is 9.49. The summed E-state index contributed by atoms with van der Waals surface area (Å²) in [7, 11) is 0. The number of carbonyl (C=O) groups excluding carboxylic acids is 2. The Labute approximate surface area is 206 Å². The first-order valence-electron chi connectivity index (χ1n) is 12.6. The topological polar surface area (TPSA) is 95.9 Å². The molecule has 1 aliphatic carbocycles. The lowest BCUT2D eigenvalue weighted by Gasteiger charge is -2.36. The minimum atomic E-state index is -0.892. The molecule has 0 radical (unpaired) electrons. The number of nitrogens with zero attached hydrogens (tertiary/aromatic N) is 1. The van der Waals surface area contributed by atoms with Crippen molar-refractivity contribution in [3.05, 3.63) is 59.7 Å². The van der Waals surface area contributed by atoms with Crippen LogP contribution in [0.25, 0.3) is 11.1 Å². The van der Waals surface area contributed by atoms with Gasteiger partial charge in [-0.15, -0.1) is 0 Å². The first kappa shape index (κ1) is 24.8. The first-order valence-corrected chi connectivity index (χ1v) is 12.6. The molecule has 1 fully saturated rings. The van der Waals surface area contributed by atoms with Crippen molar-refractivity contribution in [1.29, 1.82) is 0 Å². The molecule has 2 aromatic carbocycles. The van der Waals surface area contributed by atoms with Crippen molar-refractivity contribution < 1.29 is 24.2 Å². The maximum atomic E-state index is 13.0. The van der Waals surface area contributed by atoms with Gasteiger partial charge in [0.25, 0.3) is 0 Å². The van der Waals surface area contributed by atoms with Crippen LogP contribution in [0.15, 0.2) is 48.5 Å². The number of fused-ring (bicyclic) bond motifs is 3. The van der Waals surface area contributed by atoms with Gasteiger partial charge in [0, 0.05) is 31.0 Å². The third-order valence-corrected chi connectivity index (χ3v) is 7.08. The highest BCUT2D eigenvalue weighted by Crippen LogP contribution is 2.44. The molecule has 1 heterocycles. The van der Waals surface area contributed by atoms with Gasteiger partial charge in [-0.2, -0.15) is 0 Å². The molecule has 2 atom stereocenters. The van der Waals surface area contributed by atoms with Gasteiger partial charge in [-0.05, 0) is 47.9 Å². The number of aliphatic carboxylic acids is 1. The number of carboxylic acids is 1. The van der Waals surface area contributed by atoms with Crippen molar-refractivity contribution in [3.8, 4) is 11.1 Å². The van der Waals surface area contributed by atoms with Gasteiger partial charge in [0.05, 0.1) is 6.42 Å². The van der Waals surface area contributed by atoms with E-state index >= 15 is 0 Å². The van der Waals surface area contributed by atoms with E-state index in [-0.39, 0.29) is 43.4 Å². The molecule has 2 N–H and O–H groups in total. The van der Waals surface area contributed by atoms with E-state index in [4.69, 9.17) is 4.74 Å². The largest absolute Gasteiger partial charge is 0.481 e. The van der Waals surface area contributed by atoms with E-state index < -0.39 is 12.1 Å². The Morgan fingerprint density at radius 1 is 1.06 bits per heavy atom. The van der Waals surface area contributed by atoms with E-state index in [0.29, 0.717) is 19.4 Å². The van der Waals surface area contributed by atoms with E-state index in [1.54, 1.807) is 4.90 Å². The molecule has 2 amide bonds. The number of rotatable bonds is 9. The Hall–Kier alpha value is -3.35. The summed E-state index contributed by atoms with van der Waals surface area (Å²) >= 11 is 0. The average molecular weight is 479 g/mol. The fourth-order valence-electron chi connectivity index (χ4n) is 5.45. The van der Waals surface area contributed by atoms with Crippen LogP contribution < -0.4 is 5.32 Å². The molecule has 7 nitrogen and oxygen atoms in total. The molecule has 1 saturated heterocycles. The number of piperidine rings is 1. The lowest BCUT2D eigenvalue weighted by molar-refractivity contribution is -0.142. The number of carbonyl (C=O) groups is 3. The van der Waals surface area contributed by atoms with Crippen LogP contribution in [0.1, 0.15) is 68.9 Å². The van der Waals surface area contributed by atoms with Gasteiger partial charge in [-0.3, -0.25) is 9.59 Å². The summed E-state index contributed by atoms with van der Waals surface area (Å²) in [5, 5.41) is 12.1. The van der Waals surface area contributed by atoms with E-state index in [2.05, 4.69) is 29.6 Å². The summed E-state index contributed by atoms with van der Waals surface area (Å²) < 4.78 is 5.66. The molecule has 35 heavy (non-hydrogen) atoms. The Morgan fingerprint density at radius 2 is 1.71 bits per heavy atom. The van der Waals surface area contributed by atoms with Crippen molar-refractivity contribution in [3.63, 3.8) is 0 Å². The second-order valence-corrected chi connectivity index (χ2v) is 9.49. The highest BCUT2D eigenvalue weighted by atomic mass is 16.5. The van der Waals surface area contributed by atoms with Crippen molar-refractivity contribution in [2.75, 3.05) is 13.2 Å². The standard InChI is InChI=1S/C28H34N2O5/c1-2-9-19(16-26(31)30-15-8-7-10-20(30)17-27(32)33)29-28(34)35-18-25-23-13-5-3-11-21(23)22-12-4-6-14-24(22)25/h3-6,11-14,19-20,25H,2,7-10,15-18H2,1H3,(H,29,34)(H,32,33)/t19-,20?/m0/s1. The molecule has 0 spiro atoms. The Morgan fingerprint density at radius 3 is 2.34 bits per heavy atom. The lowest BCUT2D eigenvalue weighted by atomic mass is 9.97. The molecular formula is C28H34N2O5. The predicted octanol–water partition coefficient (Wildman–Crippen LogP) is 4.94. The Bertz CT molecular complexity index is 1020. The number of benzene rings is 2. The highest BCUT2D eigenvalue weighted by Gasteiger charge is 2.31. The van der Waals surface area contributed by atoms with Crippen molar-refractivity contribution in [2.45, 2.75) is 69.9 Å². The number of likely N-dealkylation sites (tertiary alicyclic amines) is 1. The fourth-order valence-corrected chi connectivity index (χ4v) is 5.45. The number of amides is 2. The highest BCUT2D eigenvalue weighted by molar-refractivity contribution is 5.80. The smallest absolute Gasteiger partial charge is 0.407 e. The minimum Gasteiger partial charge on any atom is -0.481 e. The zero-order valence-corrected chi connectivity index (χ0v) is 20.2. The molecule has 0 saturated carbocycles. The Kier molecular flexibility index (Phi) is 8.06. The molecular weight excluding hydrogens is 444 g/mol. The minimum absolute atomic E-state index is 0.0236. The molecule has 0 aromatic heterocycles. The third kappa shape index (κ3) is 5.84. The van der Waals surface area contributed by atoms with Gasteiger partial charge in [0.1, 0.15) is 6.61 Å². The van der Waals surface area contributed by atoms with Crippen LogP contribution in [-0.2, 0) is 14.3 Å². The van der Waals surface area contributed by atoms with E-state index in [0.717, 1.165) is 30.4 Å². The van der Waals surface area contributed by atoms with Gasteiger partial charge in [0.2, 0.25) is 5.91 Å². The number of hydrogen-bond donors (Lipinski definition) is 2. The Balaban J connectivity index is 1.36. The van der Waals surface area contributed by atoms with Gasteiger partial charge < -0.3 is 20.1 Å². The molecule has 0 bridgehead atoms. The van der Waals surface area contributed by atoms with Crippen LogP contribution >= 0.6 is 0 Å². The molecule has 4 rings (SSSR count). The summed E-state index contributed by atoms with van der Waals surface area (Å²) in [6.07, 6.45) is 3.54. The van der Waals surface area contributed by atoms with Crippen LogP contribution in [0.2, 0.25) is 0 Å². The lowest BCUT2D eigenvalue weighted by Crippen LogP contribution is -2.47. The molecule has 2 aromatic rings. The maximum absolute atomic E-state index is 13.0. The maximum Gasteiger partial charge on any atom is 0.407 e. The number of carboxylic acid groups (broad SMARTS) is 1. The average Bonchev–Trinajstić information content (AvgIpc) is 3.16. The van der Waals surface area contributed by atoms with Crippen molar-refractivity contribution in [2.24, 2.45) is 0 Å². The number of alkyl carbamates (subject to hydrolysis) is 1. The predicted molar refractivity (Wildman–Crippen MR) is 133 cm³/mol. The van der Waals surface area contributed by atoms with E-state index in [9.17, 15) is 19.5 Å².